The molecule has 2 fully saturated rings. The highest BCUT2D eigenvalue weighted by molar-refractivity contribution is 5.91. The monoisotopic (exact) mass is 517 g/mol. The number of nitrogens with zero attached hydrogens (tertiary/aromatic N) is 4. The predicted molar refractivity (Wildman–Crippen MR) is 138 cm³/mol. The number of carbonyl (C=O) groups excluding carboxylic acids is 3. The molecule has 10 nitrogen and oxygen atoms in total. The molecule has 2 aromatic rings. The summed E-state index contributed by atoms with van der Waals surface area (Å²) in [6.45, 7) is 4.72. The lowest BCUT2D eigenvalue weighted by Gasteiger charge is -2.55. The van der Waals surface area contributed by atoms with E-state index >= 15 is 0 Å². The van der Waals surface area contributed by atoms with Gasteiger partial charge in [0.1, 0.15) is 12.2 Å². The summed E-state index contributed by atoms with van der Waals surface area (Å²) in [6, 6.07) is 14.0. The number of hydrogen-bond acceptors (Lipinski definition) is 6. The van der Waals surface area contributed by atoms with Crippen LogP contribution in [0.5, 0.6) is 11.5 Å². The second-order valence-electron chi connectivity index (χ2n) is 9.89. The van der Waals surface area contributed by atoms with E-state index < -0.39 is 12.2 Å². The van der Waals surface area contributed by atoms with Crippen LogP contribution in [-0.4, -0.2) is 76.3 Å². The van der Waals surface area contributed by atoms with Crippen LogP contribution in [-0.2, 0) is 22.7 Å². The Morgan fingerprint density at radius 3 is 2.61 bits per heavy atom. The van der Waals surface area contributed by atoms with Crippen LogP contribution in [0.4, 0.5) is 4.79 Å². The Kier molecular flexibility index (Phi) is 7.11. The SMILES string of the molecule is C#CCN1CC(=O)N2[C@@H](C(C)C)C(=O)N(Cc3ccc4c(c3)OCO4)C[C@@H]2N1C(=O)NCc1ccccc1. The van der Waals surface area contributed by atoms with Gasteiger partial charge >= 0.3 is 6.03 Å². The van der Waals surface area contributed by atoms with Crippen molar-refractivity contribution in [2.75, 3.05) is 26.4 Å². The Balaban J connectivity index is 1.44. The van der Waals surface area contributed by atoms with E-state index in [1.165, 1.54) is 5.01 Å². The lowest BCUT2D eigenvalue weighted by Crippen LogP contribution is -2.77. The summed E-state index contributed by atoms with van der Waals surface area (Å²) in [7, 11) is 0. The van der Waals surface area contributed by atoms with E-state index in [0.29, 0.717) is 24.6 Å². The van der Waals surface area contributed by atoms with Gasteiger partial charge in [-0.25, -0.2) is 9.80 Å². The van der Waals surface area contributed by atoms with Crippen molar-refractivity contribution in [3.05, 3.63) is 59.7 Å². The fourth-order valence-electron chi connectivity index (χ4n) is 5.25. The Hall–Kier alpha value is -4.23. The molecular weight excluding hydrogens is 486 g/mol. The summed E-state index contributed by atoms with van der Waals surface area (Å²) in [5.41, 5.74) is 1.80. The van der Waals surface area contributed by atoms with Crippen molar-refractivity contribution >= 4 is 17.8 Å². The van der Waals surface area contributed by atoms with Gasteiger partial charge in [-0.15, -0.1) is 6.42 Å². The Morgan fingerprint density at radius 2 is 1.87 bits per heavy atom. The van der Waals surface area contributed by atoms with Crippen molar-refractivity contribution in [3.8, 4) is 23.8 Å². The van der Waals surface area contributed by atoms with E-state index in [1.807, 2.05) is 62.4 Å². The maximum atomic E-state index is 13.7. The third kappa shape index (κ3) is 4.85. The maximum Gasteiger partial charge on any atom is 0.334 e. The summed E-state index contributed by atoms with van der Waals surface area (Å²) in [6.07, 6.45) is 4.90. The van der Waals surface area contributed by atoms with Crippen LogP contribution in [0, 0.1) is 18.3 Å². The molecule has 0 radical (unpaired) electrons. The number of fused-ring (bicyclic) bond motifs is 2. The largest absolute Gasteiger partial charge is 0.454 e. The number of benzene rings is 2. The molecule has 2 saturated heterocycles. The molecule has 5 rings (SSSR count). The van der Waals surface area contributed by atoms with Crippen LogP contribution in [0.1, 0.15) is 25.0 Å². The highest BCUT2D eigenvalue weighted by Crippen LogP contribution is 2.34. The van der Waals surface area contributed by atoms with Crippen molar-refractivity contribution in [1.82, 2.24) is 25.1 Å². The van der Waals surface area contributed by atoms with Gasteiger partial charge in [0.2, 0.25) is 18.6 Å². The van der Waals surface area contributed by atoms with Crippen LogP contribution in [0.2, 0.25) is 0 Å². The van der Waals surface area contributed by atoms with Gasteiger partial charge in [0.25, 0.3) is 0 Å². The summed E-state index contributed by atoms with van der Waals surface area (Å²) >= 11 is 0. The van der Waals surface area contributed by atoms with Crippen molar-refractivity contribution < 1.29 is 23.9 Å². The summed E-state index contributed by atoms with van der Waals surface area (Å²) < 4.78 is 10.9. The quantitative estimate of drug-likeness (QED) is 0.590. The lowest BCUT2D eigenvalue weighted by atomic mass is 9.95. The topological polar surface area (TPSA) is 94.7 Å². The van der Waals surface area contributed by atoms with Crippen LogP contribution >= 0.6 is 0 Å². The molecule has 3 aliphatic heterocycles. The van der Waals surface area contributed by atoms with Crippen LogP contribution in [0.15, 0.2) is 48.5 Å². The maximum absolute atomic E-state index is 13.7. The standard InChI is InChI=1S/C28H31N5O5/c1-4-12-31-17-25(34)32-24(33(31)28(36)29-14-20-8-6-5-7-9-20)16-30(27(35)26(32)19(2)3)15-21-10-11-22-23(13-21)38-18-37-22/h1,5-11,13,19,24,26H,12,14-18H2,2-3H3,(H,29,36)/t24-,26-/m0/s1. The fraction of sp³-hybridized carbons (Fsp3) is 0.393. The molecule has 2 aromatic carbocycles. The molecule has 0 bridgehead atoms. The van der Waals surface area contributed by atoms with E-state index in [1.54, 1.807) is 14.8 Å². The van der Waals surface area contributed by atoms with Crippen molar-refractivity contribution in [1.29, 1.82) is 0 Å². The summed E-state index contributed by atoms with van der Waals surface area (Å²) in [5, 5.41) is 6.05. The van der Waals surface area contributed by atoms with Crippen molar-refractivity contribution in [2.24, 2.45) is 5.92 Å². The highest BCUT2D eigenvalue weighted by Gasteiger charge is 2.52. The molecule has 1 N–H and O–H groups in total. The number of ether oxygens (including phenoxy) is 2. The number of amides is 4. The zero-order valence-electron chi connectivity index (χ0n) is 21.5. The minimum Gasteiger partial charge on any atom is -0.454 e. The first kappa shape index (κ1) is 25.4. The predicted octanol–water partition coefficient (Wildman–Crippen LogP) is 2.01. The van der Waals surface area contributed by atoms with Gasteiger partial charge < -0.3 is 24.6 Å². The van der Waals surface area contributed by atoms with Crippen LogP contribution in [0.3, 0.4) is 0 Å². The Labute approximate surface area is 222 Å². The summed E-state index contributed by atoms with van der Waals surface area (Å²) in [4.78, 5) is 44.0. The third-order valence-electron chi connectivity index (χ3n) is 6.97. The molecule has 38 heavy (non-hydrogen) atoms. The first-order valence-electron chi connectivity index (χ1n) is 12.6. The van der Waals surface area contributed by atoms with Gasteiger partial charge in [-0.1, -0.05) is 56.2 Å². The molecule has 0 saturated carbocycles. The Morgan fingerprint density at radius 1 is 1.11 bits per heavy atom. The molecule has 198 valence electrons. The first-order chi connectivity index (χ1) is 18.4. The second kappa shape index (κ2) is 10.6. The average Bonchev–Trinajstić information content (AvgIpc) is 3.37. The van der Waals surface area contributed by atoms with Gasteiger partial charge in [-0.3, -0.25) is 9.59 Å². The van der Waals surface area contributed by atoms with E-state index in [4.69, 9.17) is 15.9 Å². The zero-order chi connectivity index (χ0) is 26.8. The fourth-order valence-corrected chi connectivity index (χ4v) is 5.25. The number of terminal acetylenes is 1. The van der Waals surface area contributed by atoms with Crippen molar-refractivity contribution in [2.45, 2.75) is 39.1 Å². The molecule has 10 heteroatoms. The van der Waals surface area contributed by atoms with E-state index in [-0.39, 0.29) is 50.2 Å². The third-order valence-corrected chi connectivity index (χ3v) is 6.97. The number of rotatable bonds is 6. The number of hydrogen-bond donors (Lipinski definition) is 1. The number of piperazine rings is 1. The van der Waals surface area contributed by atoms with Gasteiger partial charge in [0.15, 0.2) is 11.5 Å². The van der Waals surface area contributed by atoms with Gasteiger partial charge in [-0.05, 0) is 29.2 Å². The minimum atomic E-state index is -0.715. The molecule has 2 atom stereocenters. The van der Waals surface area contributed by atoms with E-state index in [0.717, 1.165) is 11.1 Å². The van der Waals surface area contributed by atoms with Crippen LogP contribution < -0.4 is 14.8 Å². The second-order valence-corrected chi connectivity index (χ2v) is 9.89. The highest BCUT2D eigenvalue weighted by atomic mass is 16.7. The molecule has 0 aliphatic carbocycles. The normalized spacial score (nSPS) is 20.9. The van der Waals surface area contributed by atoms with Gasteiger partial charge in [0.05, 0.1) is 19.6 Å². The van der Waals surface area contributed by atoms with Crippen molar-refractivity contribution in [3.63, 3.8) is 0 Å². The van der Waals surface area contributed by atoms with Crippen LogP contribution in [0.25, 0.3) is 0 Å². The van der Waals surface area contributed by atoms with Gasteiger partial charge in [0, 0.05) is 13.1 Å². The molecule has 0 aromatic heterocycles. The minimum absolute atomic E-state index is 0.0806. The number of carbonyl (C=O) groups is 3. The lowest BCUT2D eigenvalue weighted by molar-refractivity contribution is -0.192. The number of nitrogens with one attached hydrogen (secondary N) is 1. The molecule has 4 amide bonds. The van der Waals surface area contributed by atoms with E-state index in [2.05, 4.69) is 11.2 Å². The number of hydrazine groups is 1. The molecule has 3 heterocycles. The smallest absolute Gasteiger partial charge is 0.334 e. The average molecular weight is 518 g/mol. The Bertz CT molecular complexity index is 1260. The van der Waals surface area contributed by atoms with Gasteiger partial charge in [-0.2, -0.15) is 5.01 Å². The summed E-state index contributed by atoms with van der Waals surface area (Å²) in [5.74, 6) is 3.30. The molecule has 0 spiro atoms. The molecule has 3 aliphatic rings. The molecule has 0 unspecified atom stereocenters. The molecular formula is C28H31N5O5. The van der Waals surface area contributed by atoms with E-state index in [9.17, 15) is 14.4 Å². The first-order valence-corrected chi connectivity index (χ1v) is 12.6. The number of urea groups is 1. The zero-order valence-corrected chi connectivity index (χ0v) is 21.5.